The van der Waals surface area contributed by atoms with Crippen LogP contribution in [0.15, 0.2) is 18.2 Å². The predicted molar refractivity (Wildman–Crippen MR) is 89.5 cm³/mol. The first kappa shape index (κ1) is 15.1. The van der Waals surface area contributed by atoms with Gasteiger partial charge in [0, 0.05) is 23.6 Å². The van der Waals surface area contributed by atoms with Gasteiger partial charge in [0.05, 0.1) is 5.69 Å². The van der Waals surface area contributed by atoms with Gasteiger partial charge in [-0.1, -0.05) is 12.1 Å². The van der Waals surface area contributed by atoms with Crippen molar-refractivity contribution >= 4 is 21.5 Å². The van der Waals surface area contributed by atoms with E-state index in [9.17, 15) is 13.2 Å². The second-order valence-electron chi connectivity index (χ2n) is 7.30. The molecule has 4 rings (SSSR count). The molecule has 0 amide bonds. The van der Waals surface area contributed by atoms with E-state index in [1.807, 2.05) is 12.1 Å². The Labute approximate surface area is 137 Å². The topological polar surface area (TPSA) is 57.7 Å². The van der Waals surface area contributed by atoms with Crippen molar-refractivity contribution in [1.29, 1.82) is 0 Å². The maximum absolute atomic E-state index is 12.5. The number of carbonyl (C=O) groups is 1. The second kappa shape index (κ2) is 4.80. The van der Waals surface area contributed by atoms with Crippen LogP contribution in [0, 0.1) is 0 Å². The van der Waals surface area contributed by atoms with Crippen LogP contribution in [0.1, 0.15) is 42.6 Å². The van der Waals surface area contributed by atoms with Crippen LogP contribution in [0.3, 0.4) is 0 Å². The number of hydrogen-bond acceptors (Lipinski definition) is 4. The van der Waals surface area contributed by atoms with E-state index < -0.39 is 15.8 Å². The normalized spacial score (nSPS) is 25.2. The molecule has 0 bridgehead atoms. The molecule has 0 aromatic heterocycles. The van der Waals surface area contributed by atoms with Crippen molar-refractivity contribution in [2.75, 3.05) is 29.7 Å². The van der Waals surface area contributed by atoms with Crippen LogP contribution in [0.25, 0.3) is 0 Å². The summed E-state index contributed by atoms with van der Waals surface area (Å²) in [6.45, 7) is 6.85. The summed E-state index contributed by atoms with van der Waals surface area (Å²) >= 11 is 0. The molecule has 0 saturated carbocycles. The molecule has 5 nitrogen and oxygen atoms in total. The molecule has 3 aliphatic heterocycles. The van der Waals surface area contributed by atoms with Crippen LogP contribution in [0.4, 0.5) is 5.69 Å². The Morgan fingerprint density at radius 2 is 1.87 bits per heavy atom. The van der Waals surface area contributed by atoms with Crippen LogP contribution >= 0.6 is 0 Å². The van der Waals surface area contributed by atoms with Gasteiger partial charge in [-0.2, -0.15) is 0 Å². The molecular formula is C17H22N2O3S. The average Bonchev–Trinajstić information content (AvgIpc) is 2.82. The fourth-order valence-electron chi connectivity index (χ4n) is 4.36. The number of likely N-dealkylation sites (tertiary alicyclic amines) is 1. The minimum absolute atomic E-state index is 0.131. The first-order chi connectivity index (χ1) is 10.8. The van der Waals surface area contributed by atoms with Gasteiger partial charge in [0.15, 0.2) is 5.78 Å². The number of nitrogens with zero attached hydrogens (tertiary/aromatic N) is 2. The zero-order valence-corrected chi connectivity index (χ0v) is 14.4. The fraction of sp³-hybridized carbons (Fsp3) is 0.588. The van der Waals surface area contributed by atoms with Crippen LogP contribution in [0.2, 0.25) is 0 Å². The molecule has 1 fully saturated rings. The highest BCUT2D eigenvalue weighted by Gasteiger charge is 2.51. The Morgan fingerprint density at radius 3 is 2.52 bits per heavy atom. The summed E-state index contributed by atoms with van der Waals surface area (Å²) in [5.41, 5.74) is 2.19. The third-order valence-corrected chi connectivity index (χ3v) is 7.35. The molecule has 1 spiro atoms. The van der Waals surface area contributed by atoms with Crippen molar-refractivity contribution in [1.82, 2.24) is 4.90 Å². The van der Waals surface area contributed by atoms with Crippen LogP contribution < -0.4 is 4.31 Å². The van der Waals surface area contributed by atoms with Gasteiger partial charge in [-0.3, -0.25) is 9.10 Å². The average molecular weight is 334 g/mol. The summed E-state index contributed by atoms with van der Waals surface area (Å²) < 4.78 is 26.5. The summed E-state index contributed by atoms with van der Waals surface area (Å²) in [4.78, 5) is 14.7. The number of hydrogen-bond donors (Lipinski definition) is 0. The molecule has 0 unspecified atom stereocenters. The number of rotatable bonds is 1. The summed E-state index contributed by atoms with van der Waals surface area (Å²) in [5, 5.41) is 0. The van der Waals surface area contributed by atoms with Gasteiger partial charge >= 0.3 is 0 Å². The number of benzene rings is 1. The van der Waals surface area contributed by atoms with E-state index in [2.05, 4.69) is 18.7 Å². The Hall–Kier alpha value is -1.40. The number of Topliss-reactive ketones (excluding diaryl/α,β-unsaturated/α-hetero) is 1. The number of sulfonamides is 1. The van der Waals surface area contributed by atoms with Gasteiger partial charge in [0.25, 0.3) is 0 Å². The quantitative estimate of drug-likeness (QED) is 0.785. The lowest BCUT2D eigenvalue weighted by atomic mass is 9.73. The molecule has 124 valence electrons. The Morgan fingerprint density at radius 1 is 1.17 bits per heavy atom. The summed E-state index contributed by atoms with van der Waals surface area (Å²) in [5.74, 6) is -0.660. The smallest absolute Gasteiger partial charge is 0.242 e. The zero-order chi connectivity index (χ0) is 16.4. The predicted octanol–water partition coefficient (Wildman–Crippen LogP) is 1.77. The van der Waals surface area contributed by atoms with E-state index in [1.54, 1.807) is 6.07 Å². The SMILES string of the molecule is CC(C)N1CCC2(CC1)CN1c3c(cccc32)C(=O)CS1(=O)=O. The summed E-state index contributed by atoms with van der Waals surface area (Å²) in [7, 11) is -3.52. The Bertz CT molecular complexity index is 777. The van der Waals surface area contributed by atoms with Crippen molar-refractivity contribution in [3.8, 4) is 0 Å². The zero-order valence-electron chi connectivity index (χ0n) is 13.6. The van der Waals surface area contributed by atoms with Gasteiger partial charge in [-0.25, -0.2) is 8.42 Å². The first-order valence-electron chi connectivity index (χ1n) is 8.25. The van der Waals surface area contributed by atoms with Crippen molar-refractivity contribution in [3.63, 3.8) is 0 Å². The van der Waals surface area contributed by atoms with E-state index in [-0.39, 0.29) is 11.2 Å². The Kier molecular flexibility index (Phi) is 3.16. The first-order valence-corrected chi connectivity index (χ1v) is 9.86. The van der Waals surface area contributed by atoms with Gasteiger partial charge in [-0.15, -0.1) is 0 Å². The third kappa shape index (κ3) is 2.08. The molecule has 23 heavy (non-hydrogen) atoms. The number of carbonyl (C=O) groups excluding carboxylic acids is 1. The molecule has 6 heteroatoms. The van der Waals surface area contributed by atoms with E-state index in [1.165, 1.54) is 4.31 Å². The lowest BCUT2D eigenvalue weighted by Gasteiger charge is -2.41. The maximum Gasteiger partial charge on any atom is 0.242 e. The lowest BCUT2D eigenvalue weighted by Crippen LogP contribution is -2.48. The lowest BCUT2D eigenvalue weighted by molar-refractivity contribution is 0.102. The Balaban J connectivity index is 1.80. The number of anilines is 1. The molecule has 1 aromatic carbocycles. The van der Waals surface area contributed by atoms with Crippen LogP contribution in [0.5, 0.6) is 0 Å². The van der Waals surface area contributed by atoms with Crippen LogP contribution in [-0.2, 0) is 15.4 Å². The van der Waals surface area contributed by atoms with Gasteiger partial charge in [0.2, 0.25) is 10.0 Å². The largest absolute Gasteiger partial charge is 0.301 e. The summed E-state index contributed by atoms with van der Waals surface area (Å²) in [6, 6.07) is 6.21. The number of para-hydroxylation sites is 1. The molecule has 3 aliphatic rings. The molecule has 0 aliphatic carbocycles. The van der Waals surface area contributed by atoms with Crippen molar-refractivity contribution in [3.05, 3.63) is 29.3 Å². The molecule has 0 atom stereocenters. The number of ketones is 1. The van der Waals surface area contributed by atoms with Gasteiger partial charge in [0.1, 0.15) is 5.75 Å². The van der Waals surface area contributed by atoms with E-state index >= 15 is 0 Å². The second-order valence-corrected chi connectivity index (χ2v) is 9.19. The molecule has 1 aromatic rings. The van der Waals surface area contributed by atoms with E-state index in [4.69, 9.17) is 0 Å². The molecule has 0 radical (unpaired) electrons. The molecule has 3 heterocycles. The monoisotopic (exact) mass is 334 g/mol. The van der Waals surface area contributed by atoms with Gasteiger partial charge < -0.3 is 4.90 Å². The standard InChI is InChI=1S/C17H22N2O3S/c1-12(2)18-8-6-17(7-9-18)11-19-16-13(4-3-5-14(16)17)15(20)10-23(19,21)22/h3-5,12H,6-11H2,1-2H3. The van der Waals surface area contributed by atoms with Crippen molar-refractivity contribution in [2.45, 2.75) is 38.1 Å². The highest BCUT2D eigenvalue weighted by molar-refractivity contribution is 7.93. The third-order valence-electron chi connectivity index (χ3n) is 5.74. The number of piperidine rings is 1. The minimum Gasteiger partial charge on any atom is -0.301 e. The van der Waals surface area contributed by atoms with Gasteiger partial charge in [-0.05, 0) is 51.4 Å². The highest BCUT2D eigenvalue weighted by Crippen LogP contribution is 2.51. The van der Waals surface area contributed by atoms with Crippen molar-refractivity contribution in [2.24, 2.45) is 0 Å². The highest BCUT2D eigenvalue weighted by atomic mass is 32.2. The molecular weight excluding hydrogens is 312 g/mol. The molecule has 1 saturated heterocycles. The maximum atomic E-state index is 12.5. The fourth-order valence-corrected chi connectivity index (χ4v) is 5.92. The van der Waals surface area contributed by atoms with Crippen molar-refractivity contribution < 1.29 is 13.2 Å². The van der Waals surface area contributed by atoms with E-state index in [0.29, 0.717) is 23.8 Å². The van der Waals surface area contributed by atoms with Crippen LogP contribution in [-0.4, -0.2) is 50.5 Å². The minimum atomic E-state index is -3.52. The van der Waals surface area contributed by atoms with E-state index in [0.717, 1.165) is 31.5 Å². The molecule has 0 N–H and O–H groups in total. The summed E-state index contributed by atoms with van der Waals surface area (Å²) in [6.07, 6.45) is 1.89. The number of fused-ring (bicyclic) bond motifs is 1.